The van der Waals surface area contributed by atoms with Crippen LogP contribution >= 0.6 is 15.9 Å². The van der Waals surface area contributed by atoms with Crippen LogP contribution in [-0.4, -0.2) is 35.0 Å². The van der Waals surface area contributed by atoms with Crippen molar-refractivity contribution in [3.8, 4) is 0 Å². The van der Waals surface area contributed by atoms with Gasteiger partial charge in [0.25, 0.3) is 5.69 Å². The first-order valence-electron chi connectivity index (χ1n) is 6.37. The Morgan fingerprint density at radius 1 is 1.42 bits per heavy atom. The van der Waals surface area contributed by atoms with Crippen molar-refractivity contribution >= 4 is 21.6 Å². The Hall–Kier alpha value is -0.980. The fourth-order valence-corrected chi connectivity index (χ4v) is 3.17. The van der Waals surface area contributed by atoms with Gasteiger partial charge in [-0.05, 0) is 35.3 Å². The normalized spacial score (nSPS) is 24.4. The van der Waals surface area contributed by atoms with E-state index in [-0.39, 0.29) is 10.6 Å². The van der Waals surface area contributed by atoms with Gasteiger partial charge in [-0.3, -0.25) is 15.0 Å². The van der Waals surface area contributed by atoms with Crippen LogP contribution in [0, 0.1) is 10.1 Å². The van der Waals surface area contributed by atoms with Gasteiger partial charge in [-0.25, -0.2) is 0 Å². The molecule has 0 aliphatic carbocycles. The number of nitrogens with zero attached hydrogens (tertiary/aromatic N) is 2. The highest BCUT2D eigenvalue weighted by Crippen LogP contribution is 2.29. The molecule has 1 N–H and O–H groups in total. The number of halogens is 1. The molecule has 1 fully saturated rings. The smallest absolute Gasteiger partial charge is 0.283 e. The highest BCUT2D eigenvalue weighted by atomic mass is 79.9. The summed E-state index contributed by atoms with van der Waals surface area (Å²) < 4.78 is 0.596. The first-order chi connectivity index (χ1) is 8.97. The second-order valence-electron chi connectivity index (χ2n) is 5.17. The zero-order chi connectivity index (χ0) is 14.0. The molecule has 1 aliphatic heterocycles. The van der Waals surface area contributed by atoms with Gasteiger partial charge in [0.05, 0.1) is 9.40 Å². The lowest BCUT2D eigenvalue weighted by molar-refractivity contribution is -0.385. The molecule has 104 valence electrons. The SMILES string of the molecule is CC1CN(Cc2cccc([N+](=O)[O-])c2Br)CC(C)N1. The number of nitro groups is 1. The van der Waals surface area contributed by atoms with E-state index in [0.29, 0.717) is 16.6 Å². The molecule has 5 nitrogen and oxygen atoms in total. The summed E-state index contributed by atoms with van der Waals surface area (Å²) in [5.74, 6) is 0. The van der Waals surface area contributed by atoms with Crippen LogP contribution in [0.5, 0.6) is 0 Å². The lowest BCUT2D eigenvalue weighted by atomic mass is 10.1. The highest BCUT2D eigenvalue weighted by molar-refractivity contribution is 9.10. The van der Waals surface area contributed by atoms with Crippen LogP contribution in [0.2, 0.25) is 0 Å². The predicted octanol–water partition coefficient (Wildman–Crippen LogP) is 2.54. The van der Waals surface area contributed by atoms with Gasteiger partial charge in [-0.15, -0.1) is 0 Å². The minimum absolute atomic E-state index is 0.133. The van der Waals surface area contributed by atoms with E-state index in [2.05, 4.69) is 40.0 Å². The van der Waals surface area contributed by atoms with E-state index >= 15 is 0 Å². The van der Waals surface area contributed by atoms with Gasteiger partial charge in [0.1, 0.15) is 0 Å². The van der Waals surface area contributed by atoms with Crippen LogP contribution in [0.25, 0.3) is 0 Å². The first kappa shape index (κ1) is 14.4. The second-order valence-corrected chi connectivity index (χ2v) is 5.96. The third-order valence-electron chi connectivity index (χ3n) is 3.28. The van der Waals surface area contributed by atoms with E-state index in [1.54, 1.807) is 6.07 Å². The van der Waals surface area contributed by atoms with E-state index in [0.717, 1.165) is 25.2 Å². The Bertz CT molecular complexity index is 471. The molecule has 2 atom stereocenters. The molecule has 0 spiro atoms. The zero-order valence-electron chi connectivity index (χ0n) is 11.1. The third-order valence-corrected chi connectivity index (χ3v) is 4.20. The summed E-state index contributed by atoms with van der Waals surface area (Å²) in [5.41, 5.74) is 1.10. The van der Waals surface area contributed by atoms with E-state index in [9.17, 15) is 10.1 Å². The summed E-state index contributed by atoms with van der Waals surface area (Å²) in [5, 5.41) is 14.4. The molecule has 1 aromatic carbocycles. The van der Waals surface area contributed by atoms with Crippen LogP contribution in [0.4, 0.5) is 5.69 Å². The van der Waals surface area contributed by atoms with Crippen molar-refractivity contribution in [3.63, 3.8) is 0 Å². The van der Waals surface area contributed by atoms with Gasteiger partial charge in [-0.1, -0.05) is 12.1 Å². The lowest BCUT2D eigenvalue weighted by Crippen LogP contribution is -2.53. The maximum atomic E-state index is 10.9. The predicted molar refractivity (Wildman–Crippen MR) is 78.1 cm³/mol. The summed E-state index contributed by atoms with van der Waals surface area (Å²) >= 11 is 3.35. The molecular formula is C13H18BrN3O2. The van der Waals surface area contributed by atoms with Crippen molar-refractivity contribution in [1.29, 1.82) is 0 Å². The standard InChI is InChI=1S/C13H18BrN3O2/c1-9-6-16(7-10(2)15-9)8-11-4-3-5-12(13(11)14)17(18)19/h3-5,9-10,15H,6-8H2,1-2H3. The highest BCUT2D eigenvalue weighted by Gasteiger charge is 2.23. The third kappa shape index (κ3) is 3.52. The fourth-order valence-electron chi connectivity index (χ4n) is 2.64. The largest absolute Gasteiger partial charge is 0.309 e. The quantitative estimate of drug-likeness (QED) is 0.684. The zero-order valence-corrected chi connectivity index (χ0v) is 12.7. The van der Waals surface area contributed by atoms with E-state index < -0.39 is 0 Å². The summed E-state index contributed by atoms with van der Waals surface area (Å²) in [6, 6.07) is 6.10. The van der Waals surface area contributed by atoms with Crippen molar-refractivity contribution in [1.82, 2.24) is 10.2 Å². The molecule has 1 saturated heterocycles. The Labute approximate surface area is 121 Å². The number of hydrogen-bond acceptors (Lipinski definition) is 4. The summed E-state index contributed by atoms with van der Waals surface area (Å²) in [7, 11) is 0. The molecule has 0 amide bonds. The van der Waals surface area contributed by atoms with Gasteiger partial charge in [-0.2, -0.15) is 0 Å². The molecule has 19 heavy (non-hydrogen) atoms. The monoisotopic (exact) mass is 327 g/mol. The maximum Gasteiger partial charge on any atom is 0.283 e. The average Bonchev–Trinajstić information content (AvgIpc) is 2.30. The van der Waals surface area contributed by atoms with Crippen LogP contribution in [0.1, 0.15) is 19.4 Å². The molecule has 1 aliphatic rings. The summed E-state index contributed by atoms with van der Waals surface area (Å²) in [6.07, 6.45) is 0. The molecule has 0 aromatic heterocycles. The molecule has 6 heteroatoms. The second kappa shape index (κ2) is 5.98. The minimum Gasteiger partial charge on any atom is -0.309 e. The van der Waals surface area contributed by atoms with Crippen molar-refractivity contribution in [3.05, 3.63) is 38.3 Å². The number of nitro benzene ring substituents is 1. The number of nitrogens with one attached hydrogen (secondary N) is 1. The Morgan fingerprint density at radius 2 is 2.05 bits per heavy atom. The molecule has 2 rings (SSSR count). The first-order valence-corrected chi connectivity index (χ1v) is 7.17. The van der Waals surface area contributed by atoms with Crippen molar-refractivity contribution < 1.29 is 4.92 Å². The molecule has 0 bridgehead atoms. The van der Waals surface area contributed by atoms with Crippen molar-refractivity contribution in [2.24, 2.45) is 0 Å². The van der Waals surface area contributed by atoms with Gasteiger partial charge >= 0.3 is 0 Å². The number of rotatable bonds is 3. The van der Waals surface area contributed by atoms with E-state index in [4.69, 9.17) is 0 Å². The van der Waals surface area contributed by atoms with Crippen molar-refractivity contribution in [2.45, 2.75) is 32.5 Å². The Balaban J connectivity index is 2.15. The van der Waals surface area contributed by atoms with Gasteiger partial charge < -0.3 is 5.32 Å². The average molecular weight is 328 g/mol. The van der Waals surface area contributed by atoms with E-state index in [1.807, 2.05) is 6.07 Å². The molecule has 0 radical (unpaired) electrons. The topological polar surface area (TPSA) is 58.4 Å². The minimum atomic E-state index is -0.351. The molecule has 2 unspecified atom stereocenters. The summed E-state index contributed by atoms with van der Waals surface area (Å²) in [6.45, 7) is 6.97. The molecule has 0 saturated carbocycles. The van der Waals surface area contributed by atoms with Crippen molar-refractivity contribution in [2.75, 3.05) is 13.1 Å². The number of benzene rings is 1. The molecule has 1 aromatic rings. The molecule has 1 heterocycles. The van der Waals surface area contributed by atoms with Crippen LogP contribution in [0.15, 0.2) is 22.7 Å². The fraction of sp³-hybridized carbons (Fsp3) is 0.538. The van der Waals surface area contributed by atoms with Gasteiger partial charge in [0, 0.05) is 37.8 Å². The van der Waals surface area contributed by atoms with E-state index in [1.165, 1.54) is 6.07 Å². The lowest BCUT2D eigenvalue weighted by Gasteiger charge is -2.36. The van der Waals surface area contributed by atoms with Crippen LogP contribution in [0.3, 0.4) is 0 Å². The maximum absolute atomic E-state index is 10.9. The summed E-state index contributed by atoms with van der Waals surface area (Å²) in [4.78, 5) is 12.9. The molecular weight excluding hydrogens is 310 g/mol. The van der Waals surface area contributed by atoms with Crippen LogP contribution in [-0.2, 0) is 6.54 Å². The van der Waals surface area contributed by atoms with Gasteiger partial charge in [0.2, 0.25) is 0 Å². The number of hydrogen-bond donors (Lipinski definition) is 1. The Kier molecular flexibility index (Phi) is 4.54. The number of piperazine rings is 1. The van der Waals surface area contributed by atoms with Crippen LogP contribution < -0.4 is 5.32 Å². The Morgan fingerprint density at radius 3 is 2.63 bits per heavy atom. The van der Waals surface area contributed by atoms with Gasteiger partial charge in [0.15, 0.2) is 0 Å².